The van der Waals surface area contributed by atoms with Gasteiger partial charge in [-0.1, -0.05) is 24.3 Å². The normalized spacial score (nSPS) is 14.3. The fourth-order valence-corrected chi connectivity index (χ4v) is 2.57. The van der Waals surface area contributed by atoms with Crippen LogP contribution in [0.15, 0.2) is 42.5 Å². The summed E-state index contributed by atoms with van der Waals surface area (Å²) >= 11 is 0. The van der Waals surface area contributed by atoms with Crippen LogP contribution in [0.25, 0.3) is 0 Å². The molecule has 104 valence electrons. The molecule has 20 heavy (non-hydrogen) atoms. The van der Waals surface area contributed by atoms with E-state index >= 15 is 0 Å². The van der Waals surface area contributed by atoms with Crippen LogP contribution in [0.3, 0.4) is 0 Å². The Balaban J connectivity index is 1.88. The molecule has 0 radical (unpaired) electrons. The van der Waals surface area contributed by atoms with E-state index < -0.39 is 0 Å². The van der Waals surface area contributed by atoms with Crippen LogP contribution in [0.2, 0.25) is 0 Å². The number of ether oxygens (including phenoxy) is 1. The number of hydrogen-bond acceptors (Lipinski definition) is 3. The highest BCUT2D eigenvalue weighted by Crippen LogP contribution is 2.31. The summed E-state index contributed by atoms with van der Waals surface area (Å²) in [4.78, 5) is 2.37. The van der Waals surface area contributed by atoms with Gasteiger partial charge in [0.05, 0.1) is 12.3 Å². The van der Waals surface area contributed by atoms with Crippen molar-refractivity contribution in [3.05, 3.63) is 53.6 Å². The van der Waals surface area contributed by atoms with E-state index in [1.165, 1.54) is 11.3 Å². The number of benzene rings is 2. The monoisotopic (exact) mass is 268 g/mol. The Morgan fingerprint density at radius 3 is 2.90 bits per heavy atom. The second-order valence-electron chi connectivity index (χ2n) is 5.28. The Hall–Kier alpha value is -2.16. The lowest BCUT2D eigenvalue weighted by Gasteiger charge is -2.24. The maximum Gasteiger partial charge on any atom is 0.142 e. The van der Waals surface area contributed by atoms with Gasteiger partial charge in [-0.2, -0.15) is 0 Å². The molecule has 1 heterocycles. The molecule has 3 rings (SSSR count). The second kappa shape index (κ2) is 5.45. The highest BCUT2D eigenvalue weighted by atomic mass is 16.5. The fourth-order valence-electron chi connectivity index (χ4n) is 2.57. The van der Waals surface area contributed by atoms with Gasteiger partial charge in [-0.15, -0.1) is 0 Å². The smallest absolute Gasteiger partial charge is 0.142 e. The van der Waals surface area contributed by atoms with E-state index in [2.05, 4.69) is 35.2 Å². The van der Waals surface area contributed by atoms with Crippen LogP contribution in [0.4, 0.5) is 11.4 Å². The number of anilines is 2. The van der Waals surface area contributed by atoms with Crippen LogP contribution >= 0.6 is 0 Å². The molecule has 0 saturated heterocycles. The first-order valence-electron chi connectivity index (χ1n) is 7.06. The lowest BCUT2D eigenvalue weighted by atomic mass is 10.1. The van der Waals surface area contributed by atoms with Crippen molar-refractivity contribution in [2.24, 2.45) is 0 Å². The summed E-state index contributed by atoms with van der Waals surface area (Å²) in [5.41, 5.74) is 10.4. The van der Waals surface area contributed by atoms with Gasteiger partial charge in [-0.3, -0.25) is 0 Å². The highest BCUT2D eigenvalue weighted by Gasteiger charge is 2.16. The molecule has 0 fully saturated rings. The predicted octanol–water partition coefficient (Wildman–Crippen LogP) is 3.37. The predicted molar refractivity (Wildman–Crippen MR) is 83.2 cm³/mol. The van der Waals surface area contributed by atoms with Gasteiger partial charge in [0.1, 0.15) is 5.75 Å². The molecule has 0 aliphatic carbocycles. The Kier molecular flexibility index (Phi) is 3.50. The quantitative estimate of drug-likeness (QED) is 0.849. The number of fused-ring (bicyclic) bond motifs is 1. The SMILES string of the molecule is Cc1ccc(CN2CCCOc3ccccc32)cc1N. The van der Waals surface area contributed by atoms with E-state index in [4.69, 9.17) is 10.5 Å². The number of nitrogen functional groups attached to an aromatic ring is 1. The summed E-state index contributed by atoms with van der Waals surface area (Å²) in [6.45, 7) is 4.69. The van der Waals surface area contributed by atoms with Crippen LogP contribution in [-0.4, -0.2) is 13.2 Å². The lowest BCUT2D eigenvalue weighted by Crippen LogP contribution is -2.23. The molecule has 0 atom stereocenters. The first-order chi connectivity index (χ1) is 9.74. The van der Waals surface area contributed by atoms with Crippen molar-refractivity contribution in [2.45, 2.75) is 19.9 Å². The zero-order chi connectivity index (χ0) is 13.9. The average molecular weight is 268 g/mol. The van der Waals surface area contributed by atoms with E-state index in [-0.39, 0.29) is 0 Å². The number of para-hydroxylation sites is 2. The Labute approximate surface area is 120 Å². The van der Waals surface area contributed by atoms with Crippen LogP contribution in [-0.2, 0) is 6.54 Å². The molecule has 0 saturated carbocycles. The van der Waals surface area contributed by atoms with Gasteiger partial charge in [0.25, 0.3) is 0 Å². The van der Waals surface area contributed by atoms with Gasteiger partial charge in [-0.05, 0) is 42.7 Å². The fraction of sp³-hybridized carbons (Fsp3) is 0.294. The molecular formula is C17H20N2O. The van der Waals surface area contributed by atoms with Crippen molar-refractivity contribution in [3.63, 3.8) is 0 Å². The third kappa shape index (κ3) is 2.57. The van der Waals surface area contributed by atoms with E-state index in [1.54, 1.807) is 0 Å². The minimum Gasteiger partial charge on any atom is -0.491 e. The number of hydrogen-bond donors (Lipinski definition) is 1. The number of nitrogens with zero attached hydrogens (tertiary/aromatic N) is 1. The third-order valence-corrected chi connectivity index (χ3v) is 3.75. The van der Waals surface area contributed by atoms with Crippen LogP contribution in [0.5, 0.6) is 5.75 Å². The molecule has 0 spiro atoms. The largest absolute Gasteiger partial charge is 0.491 e. The van der Waals surface area contributed by atoms with E-state index in [9.17, 15) is 0 Å². The van der Waals surface area contributed by atoms with E-state index in [1.807, 2.05) is 19.1 Å². The van der Waals surface area contributed by atoms with Crippen molar-refractivity contribution in [3.8, 4) is 5.75 Å². The van der Waals surface area contributed by atoms with Crippen molar-refractivity contribution in [1.82, 2.24) is 0 Å². The summed E-state index contributed by atoms with van der Waals surface area (Å²) in [6, 6.07) is 14.6. The van der Waals surface area contributed by atoms with Crippen molar-refractivity contribution in [2.75, 3.05) is 23.8 Å². The number of nitrogens with two attached hydrogens (primary N) is 1. The van der Waals surface area contributed by atoms with Crippen LogP contribution in [0.1, 0.15) is 17.5 Å². The van der Waals surface area contributed by atoms with Crippen LogP contribution in [0, 0.1) is 6.92 Å². The standard InChI is InChI=1S/C17H20N2O/c1-13-7-8-14(11-15(13)18)12-19-9-4-10-20-17-6-3-2-5-16(17)19/h2-3,5-8,11H,4,9-10,12,18H2,1H3. The molecule has 3 heteroatoms. The first kappa shape index (κ1) is 12.9. The van der Waals surface area contributed by atoms with Gasteiger partial charge in [0.15, 0.2) is 0 Å². The topological polar surface area (TPSA) is 38.5 Å². The third-order valence-electron chi connectivity index (χ3n) is 3.75. The average Bonchev–Trinajstić information content (AvgIpc) is 2.66. The Bertz CT molecular complexity index is 610. The summed E-state index contributed by atoms with van der Waals surface area (Å²) in [7, 11) is 0. The summed E-state index contributed by atoms with van der Waals surface area (Å²) in [5.74, 6) is 0.977. The minimum absolute atomic E-state index is 0.781. The molecule has 0 bridgehead atoms. The maximum atomic E-state index is 6.01. The van der Waals surface area contributed by atoms with Gasteiger partial charge < -0.3 is 15.4 Å². The van der Waals surface area contributed by atoms with Gasteiger partial charge >= 0.3 is 0 Å². The first-order valence-corrected chi connectivity index (χ1v) is 7.06. The van der Waals surface area contributed by atoms with Crippen LogP contribution < -0.4 is 15.4 Å². The van der Waals surface area contributed by atoms with E-state index in [0.29, 0.717) is 0 Å². The van der Waals surface area contributed by atoms with Crippen molar-refractivity contribution >= 4 is 11.4 Å². The number of rotatable bonds is 2. The molecular weight excluding hydrogens is 248 g/mol. The maximum absolute atomic E-state index is 6.01. The van der Waals surface area contributed by atoms with Gasteiger partial charge in [0.2, 0.25) is 0 Å². The van der Waals surface area contributed by atoms with Crippen molar-refractivity contribution in [1.29, 1.82) is 0 Å². The molecule has 1 aliphatic rings. The molecule has 0 aromatic heterocycles. The Morgan fingerprint density at radius 1 is 1.20 bits per heavy atom. The second-order valence-corrected chi connectivity index (χ2v) is 5.28. The Morgan fingerprint density at radius 2 is 2.05 bits per heavy atom. The number of aryl methyl sites for hydroxylation is 1. The summed E-state index contributed by atoms with van der Waals surface area (Å²) < 4.78 is 5.79. The van der Waals surface area contributed by atoms with Gasteiger partial charge in [-0.25, -0.2) is 0 Å². The summed E-state index contributed by atoms with van der Waals surface area (Å²) in [6.07, 6.45) is 1.04. The zero-order valence-corrected chi connectivity index (χ0v) is 11.8. The van der Waals surface area contributed by atoms with Crippen molar-refractivity contribution < 1.29 is 4.74 Å². The molecule has 0 unspecified atom stereocenters. The molecule has 2 aromatic carbocycles. The molecule has 3 nitrogen and oxygen atoms in total. The molecule has 1 aliphatic heterocycles. The van der Waals surface area contributed by atoms with E-state index in [0.717, 1.165) is 43.1 Å². The molecule has 0 amide bonds. The lowest BCUT2D eigenvalue weighted by molar-refractivity contribution is 0.322. The zero-order valence-electron chi connectivity index (χ0n) is 11.8. The minimum atomic E-state index is 0.781. The van der Waals surface area contributed by atoms with Gasteiger partial charge in [0, 0.05) is 18.8 Å². The highest BCUT2D eigenvalue weighted by molar-refractivity contribution is 5.59. The summed E-state index contributed by atoms with van der Waals surface area (Å²) in [5, 5.41) is 0. The molecule has 2 N–H and O–H groups in total. The molecule has 2 aromatic rings.